The Hall–Kier alpha value is -3.99. The summed E-state index contributed by atoms with van der Waals surface area (Å²) in [6.45, 7) is 5.85. The minimum absolute atomic E-state index is 0.0874. The topological polar surface area (TPSA) is 114 Å². The van der Waals surface area contributed by atoms with Crippen molar-refractivity contribution in [3.8, 4) is 5.75 Å². The number of anilines is 1. The molecule has 2 heterocycles. The number of fused-ring (bicyclic) bond motifs is 1. The molecule has 9 nitrogen and oxygen atoms in total. The largest absolute Gasteiger partial charge is 0.497 e. The molecule has 0 saturated heterocycles. The van der Waals surface area contributed by atoms with Crippen molar-refractivity contribution in [2.45, 2.75) is 45.1 Å². The average Bonchev–Trinajstić information content (AvgIpc) is 3.29. The number of hydrogen-bond donors (Lipinski definition) is 2. The second-order valence-corrected chi connectivity index (χ2v) is 9.99. The highest BCUT2D eigenvalue weighted by Gasteiger charge is 2.37. The van der Waals surface area contributed by atoms with E-state index in [9.17, 15) is 14.4 Å². The number of nitrogens with zero attached hydrogens (tertiary/aromatic N) is 1. The van der Waals surface area contributed by atoms with Gasteiger partial charge < -0.3 is 24.2 Å². The molecule has 1 unspecified atom stereocenters. The molecule has 0 spiro atoms. The van der Waals surface area contributed by atoms with Crippen molar-refractivity contribution in [2.75, 3.05) is 32.2 Å². The molecule has 3 aromatic rings. The number of aromatic nitrogens is 1. The molecular weight excluding hydrogens is 512 g/mol. The van der Waals surface area contributed by atoms with Gasteiger partial charge in [0.05, 0.1) is 20.1 Å². The van der Waals surface area contributed by atoms with Crippen LogP contribution in [0.5, 0.6) is 5.75 Å². The van der Waals surface area contributed by atoms with E-state index in [4.69, 9.17) is 14.0 Å². The van der Waals surface area contributed by atoms with Crippen molar-refractivity contribution in [3.05, 3.63) is 80.8 Å². The standard InChI is InChI=1S/C28H31F2N3O6/c1-5-38-15-28(2,3)25-21(29)11-17(12-22(25)30)31-27(36)26-20-7-6-18(37-4)10-16(20)8-9-33(26)24(35)14-19-13-23(34)32-39-19/h6-7,10-13,26H,5,8-9,14-15H2,1-4H3,(H,31,36)(H,32,34). The number of aromatic amines is 1. The SMILES string of the molecule is CCOCC(C)(C)c1c(F)cc(NC(=O)C2c3ccc(OC)cc3CCN2C(=O)Cc2cc(=O)[nH]o2)cc1F. The minimum atomic E-state index is -1.10. The predicted octanol–water partition coefficient (Wildman–Crippen LogP) is 3.88. The van der Waals surface area contributed by atoms with E-state index in [-0.39, 0.29) is 36.6 Å². The minimum Gasteiger partial charge on any atom is -0.497 e. The quantitative estimate of drug-likeness (QED) is 0.424. The van der Waals surface area contributed by atoms with Crippen LogP contribution in [0.2, 0.25) is 0 Å². The van der Waals surface area contributed by atoms with Crippen LogP contribution >= 0.6 is 0 Å². The van der Waals surface area contributed by atoms with Crippen LogP contribution < -0.4 is 15.6 Å². The number of amides is 2. The van der Waals surface area contributed by atoms with Gasteiger partial charge in [0.1, 0.15) is 29.2 Å². The zero-order valence-corrected chi connectivity index (χ0v) is 22.2. The molecule has 0 fully saturated rings. The van der Waals surface area contributed by atoms with E-state index >= 15 is 8.78 Å². The van der Waals surface area contributed by atoms with Crippen LogP contribution in [0.4, 0.5) is 14.5 Å². The van der Waals surface area contributed by atoms with Gasteiger partial charge in [-0.3, -0.25) is 14.4 Å². The fraction of sp³-hybridized carbons (Fsp3) is 0.393. The fourth-order valence-electron chi connectivity index (χ4n) is 4.87. The molecular formula is C28H31F2N3O6. The Morgan fingerprint density at radius 2 is 1.90 bits per heavy atom. The second kappa shape index (κ2) is 11.4. The smallest absolute Gasteiger partial charge is 0.280 e. The van der Waals surface area contributed by atoms with Crippen LogP contribution in [0.15, 0.2) is 45.7 Å². The van der Waals surface area contributed by atoms with Gasteiger partial charge in [0.25, 0.3) is 11.5 Å². The van der Waals surface area contributed by atoms with Gasteiger partial charge in [0.2, 0.25) is 5.91 Å². The number of halogens is 2. The number of H-pyrrole nitrogens is 1. The van der Waals surface area contributed by atoms with Crippen molar-refractivity contribution in [3.63, 3.8) is 0 Å². The van der Waals surface area contributed by atoms with E-state index in [1.54, 1.807) is 39.0 Å². The summed E-state index contributed by atoms with van der Waals surface area (Å²) in [7, 11) is 1.53. The number of carbonyl (C=O) groups excluding carboxylic acids is 2. The van der Waals surface area contributed by atoms with Crippen molar-refractivity contribution >= 4 is 17.5 Å². The Morgan fingerprint density at radius 1 is 1.18 bits per heavy atom. The number of hydrogen-bond acceptors (Lipinski definition) is 6. The maximum Gasteiger partial charge on any atom is 0.280 e. The molecule has 11 heteroatoms. The Morgan fingerprint density at radius 3 is 2.51 bits per heavy atom. The number of carbonyl (C=O) groups is 2. The van der Waals surface area contributed by atoms with Crippen LogP contribution in [-0.4, -0.2) is 48.7 Å². The van der Waals surface area contributed by atoms with E-state index in [1.165, 1.54) is 12.0 Å². The van der Waals surface area contributed by atoms with Crippen molar-refractivity contribution in [1.82, 2.24) is 10.1 Å². The Labute approximate surface area is 224 Å². The summed E-state index contributed by atoms with van der Waals surface area (Å²) < 4.78 is 46.0. The van der Waals surface area contributed by atoms with Gasteiger partial charge in [-0.25, -0.2) is 8.78 Å². The fourth-order valence-corrected chi connectivity index (χ4v) is 4.87. The molecule has 1 aliphatic rings. The van der Waals surface area contributed by atoms with Gasteiger partial charge in [-0.2, -0.15) is 5.16 Å². The molecule has 0 bridgehead atoms. The molecule has 39 heavy (non-hydrogen) atoms. The molecule has 4 rings (SSSR count). The maximum absolute atomic E-state index is 15.1. The first kappa shape index (κ1) is 28.0. The summed E-state index contributed by atoms with van der Waals surface area (Å²) in [4.78, 5) is 39.6. The maximum atomic E-state index is 15.1. The summed E-state index contributed by atoms with van der Waals surface area (Å²) >= 11 is 0. The van der Waals surface area contributed by atoms with Gasteiger partial charge in [-0.15, -0.1) is 0 Å². The molecule has 2 aromatic carbocycles. The molecule has 0 aliphatic carbocycles. The molecule has 208 valence electrons. The molecule has 2 N–H and O–H groups in total. The zero-order chi connectivity index (χ0) is 28.3. The van der Waals surface area contributed by atoms with Crippen LogP contribution in [0, 0.1) is 11.6 Å². The summed E-state index contributed by atoms with van der Waals surface area (Å²) in [5.41, 5.74) is -0.301. The lowest BCUT2D eigenvalue weighted by atomic mass is 9.84. The zero-order valence-electron chi connectivity index (χ0n) is 22.2. The van der Waals surface area contributed by atoms with Gasteiger partial charge in [-0.1, -0.05) is 19.9 Å². The predicted molar refractivity (Wildman–Crippen MR) is 139 cm³/mol. The summed E-state index contributed by atoms with van der Waals surface area (Å²) in [6, 6.07) is 7.33. The number of methoxy groups -OCH3 is 1. The van der Waals surface area contributed by atoms with E-state index < -0.39 is 40.5 Å². The number of ether oxygens (including phenoxy) is 2. The molecule has 1 atom stereocenters. The number of rotatable bonds is 9. The third-order valence-corrected chi connectivity index (χ3v) is 6.70. The highest BCUT2D eigenvalue weighted by Crippen LogP contribution is 2.35. The van der Waals surface area contributed by atoms with Crippen molar-refractivity contribution in [1.29, 1.82) is 0 Å². The monoisotopic (exact) mass is 543 g/mol. The molecule has 0 radical (unpaired) electrons. The Bertz CT molecular complexity index is 1410. The Balaban J connectivity index is 1.65. The van der Waals surface area contributed by atoms with E-state index in [0.29, 0.717) is 24.3 Å². The lowest BCUT2D eigenvalue weighted by Gasteiger charge is -2.36. The van der Waals surface area contributed by atoms with Gasteiger partial charge in [-0.05, 0) is 48.7 Å². The van der Waals surface area contributed by atoms with E-state index in [0.717, 1.165) is 23.8 Å². The molecule has 1 aliphatic heterocycles. The van der Waals surface area contributed by atoms with Gasteiger partial charge in [0, 0.05) is 35.9 Å². The molecule has 1 aromatic heterocycles. The van der Waals surface area contributed by atoms with Gasteiger partial charge in [0.15, 0.2) is 0 Å². The van der Waals surface area contributed by atoms with Crippen LogP contribution in [0.25, 0.3) is 0 Å². The van der Waals surface area contributed by atoms with Crippen LogP contribution in [-0.2, 0) is 32.6 Å². The van der Waals surface area contributed by atoms with Crippen LogP contribution in [0.3, 0.4) is 0 Å². The number of nitrogens with one attached hydrogen (secondary N) is 2. The lowest BCUT2D eigenvalue weighted by Crippen LogP contribution is -2.46. The summed E-state index contributed by atoms with van der Waals surface area (Å²) in [6.07, 6.45) is 0.201. The molecule has 0 saturated carbocycles. The summed E-state index contributed by atoms with van der Waals surface area (Å²) in [5.74, 6) is -2.02. The van der Waals surface area contributed by atoms with Gasteiger partial charge >= 0.3 is 0 Å². The average molecular weight is 544 g/mol. The second-order valence-electron chi connectivity index (χ2n) is 9.99. The van der Waals surface area contributed by atoms with E-state index in [1.807, 2.05) is 0 Å². The number of benzene rings is 2. The first-order valence-electron chi connectivity index (χ1n) is 12.6. The first-order valence-corrected chi connectivity index (χ1v) is 12.6. The third-order valence-electron chi connectivity index (χ3n) is 6.70. The van der Waals surface area contributed by atoms with Crippen molar-refractivity contribution in [2.24, 2.45) is 0 Å². The normalized spacial score (nSPS) is 15.1. The highest BCUT2D eigenvalue weighted by atomic mass is 19.1. The van der Waals surface area contributed by atoms with Crippen molar-refractivity contribution < 1.29 is 32.4 Å². The Kier molecular flexibility index (Phi) is 8.19. The highest BCUT2D eigenvalue weighted by molar-refractivity contribution is 5.98. The lowest BCUT2D eigenvalue weighted by molar-refractivity contribution is -0.139. The van der Waals surface area contributed by atoms with Crippen LogP contribution in [0.1, 0.15) is 49.3 Å². The first-order chi connectivity index (χ1) is 18.5. The molecule has 2 amide bonds. The van der Waals surface area contributed by atoms with E-state index in [2.05, 4.69) is 10.5 Å². The third kappa shape index (κ3) is 6.03. The summed E-state index contributed by atoms with van der Waals surface area (Å²) in [5, 5.41) is 4.72.